The second kappa shape index (κ2) is 4.02. The highest BCUT2D eigenvalue weighted by molar-refractivity contribution is 5.74. The molecule has 0 radical (unpaired) electrons. The second-order valence-electron chi connectivity index (χ2n) is 4.62. The summed E-state index contributed by atoms with van der Waals surface area (Å²) < 4.78 is 11.8. The fourth-order valence-electron chi connectivity index (χ4n) is 2.44. The Hall–Kier alpha value is -2.48. The molecule has 19 heavy (non-hydrogen) atoms. The van der Waals surface area contributed by atoms with Crippen molar-refractivity contribution in [2.45, 2.75) is 6.61 Å². The summed E-state index contributed by atoms with van der Waals surface area (Å²) >= 11 is 0. The Morgan fingerprint density at radius 3 is 2.53 bits per heavy atom. The standard InChI is InChI=1S/C17H12O2/c1-2-6-12(7-3-1)16-10-13-11-18-15-9-5-4-8-14(15)17(13)19-16/h1-10H,11H2. The zero-order valence-electron chi connectivity index (χ0n) is 10.3. The molecular weight excluding hydrogens is 236 g/mol. The molecule has 1 aromatic heterocycles. The van der Waals surface area contributed by atoms with Crippen LogP contribution in [-0.4, -0.2) is 0 Å². The van der Waals surface area contributed by atoms with Crippen molar-refractivity contribution < 1.29 is 9.15 Å². The average molecular weight is 248 g/mol. The molecule has 2 heterocycles. The highest BCUT2D eigenvalue weighted by atomic mass is 16.5. The molecule has 0 atom stereocenters. The number of rotatable bonds is 1. The number of benzene rings is 2. The van der Waals surface area contributed by atoms with E-state index in [0.717, 1.165) is 34.0 Å². The van der Waals surface area contributed by atoms with Gasteiger partial charge in [0.1, 0.15) is 23.9 Å². The van der Waals surface area contributed by atoms with Gasteiger partial charge in [-0.25, -0.2) is 0 Å². The van der Waals surface area contributed by atoms with Gasteiger partial charge in [0.2, 0.25) is 0 Å². The lowest BCUT2D eigenvalue weighted by Crippen LogP contribution is -2.02. The Morgan fingerprint density at radius 1 is 0.842 bits per heavy atom. The van der Waals surface area contributed by atoms with E-state index >= 15 is 0 Å². The fourth-order valence-corrected chi connectivity index (χ4v) is 2.44. The van der Waals surface area contributed by atoms with Gasteiger partial charge in [-0.1, -0.05) is 42.5 Å². The number of hydrogen-bond acceptors (Lipinski definition) is 2. The third-order valence-electron chi connectivity index (χ3n) is 3.38. The van der Waals surface area contributed by atoms with Crippen molar-refractivity contribution in [3.63, 3.8) is 0 Å². The van der Waals surface area contributed by atoms with Crippen LogP contribution in [-0.2, 0) is 6.61 Å². The highest BCUT2D eigenvalue weighted by Gasteiger charge is 2.22. The smallest absolute Gasteiger partial charge is 0.145 e. The van der Waals surface area contributed by atoms with Crippen LogP contribution in [0.3, 0.4) is 0 Å². The van der Waals surface area contributed by atoms with E-state index in [1.165, 1.54) is 0 Å². The Bertz CT molecular complexity index is 726. The van der Waals surface area contributed by atoms with Crippen LogP contribution in [0.15, 0.2) is 65.1 Å². The summed E-state index contributed by atoms with van der Waals surface area (Å²) in [4.78, 5) is 0. The predicted molar refractivity (Wildman–Crippen MR) is 73.9 cm³/mol. The predicted octanol–water partition coefficient (Wildman–Crippen LogP) is 4.51. The second-order valence-corrected chi connectivity index (χ2v) is 4.62. The van der Waals surface area contributed by atoms with Gasteiger partial charge in [-0.2, -0.15) is 0 Å². The molecule has 0 N–H and O–H groups in total. The van der Waals surface area contributed by atoms with Crippen LogP contribution in [0, 0.1) is 0 Å². The molecule has 0 saturated heterocycles. The molecule has 2 aromatic carbocycles. The summed E-state index contributed by atoms with van der Waals surface area (Å²) in [5.74, 6) is 2.72. The average Bonchev–Trinajstić information content (AvgIpc) is 2.93. The minimum Gasteiger partial charge on any atom is -0.488 e. The maximum absolute atomic E-state index is 6.04. The molecule has 0 aliphatic carbocycles. The number of fused-ring (bicyclic) bond motifs is 3. The van der Waals surface area contributed by atoms with Crippen molar-refractivity contribution in [1.29, 1.82) is 0 Å². The molecule has 0 amide bonds. The molecule has 0 unspecified atom stereocenters. The normalized spacial score (nSPS) is 12.4. The summed E-state index contributed by atoms with van der Waals surface area (Å²) in [6.07, 6.45) is 0. The molecule has 0 spiro atoms. The van der Waals surface area contributed by atoms with Gasteiger partial charge in [-0.3, -0.25) is 0 Å². The Kier molecular flexibility index (Phi) is 2.21. The maximum Gasteiger partial charge on any atom is 0.145 e. The molecule has 1 aliphatic heterocycles. The Morgan fingerprint density at radius 2 is 1.63 bits per heavy atom. The van der Waals surface area contributed by atoms with Gasteiger partial charge in [-0.05, 0) is 18.2 Å². The summed E-state index contributed by atoms with van der Waals surface area (Å²) in [6.45, 7) is 0.572. The Labute approximate surface area is 111 Å². The largest absolute Gasteiger partial charge is 0.488 e. The Balaban J connectivity index is 1.88. The molecule has 4 rings (SSSR count). The number of para-hydroxylation sites is 1. The first-order valence-electron chi connectivity index (χ1n) is 6.32. The van der Waals surface area contributed by atoms with Crippen molar-refractivity contribution in [1.82, 2.24) is 0 Å². The minimum absolute atomic E-state index is 0.572. The summed E-state index contributed by atoms with van der Waals surface area (Å²) in [5, 5.41) is 0. The number of ether oxygens (including phenoxy) is 1. The third-order valence-corrected chi connectivity index (χ3v) is 3.38. The zero-order chi connectivity index (χ0) is 12.7. The molecular formula is C17H12O2. The van der Waals surface area contributed by atoms with E-state index in [4.69, 9.17) is 9.15 Å². The van der Waals surface area contributed by atoms with E-state index in [-0.39, 0.29) is 0 Å². The lowest BCUT2D eigenvalue weighted by molar-refractivity contribution is 0.299. The van der Waals surface area contributed by atoms with Crippen LogP contribution in [0.4, 0.5) is 0 Å². The van der Waals surface area contributed by atoms with Gasteiger partial charge < -0.3 is 9.15 Å². The summed E-state index contributed by atoms with van der Waals surface area (Å²) in [7, 11) is 0. The van der Waals surface area contributed by atoms with E-state index < -0.39 is 0 Å². The van der Waals surface area contributed by atoms with Crippen LogP contribution in [0.2, 0.25) is 0 Å². The van der Waals surface area contributed by atoms with E-state index in [1.54, 1.807) is 0 Å². The van der Waals surface area contributed by atoms with Crippen LogP contribution in [0.5, 0.6) is 5.75 Å². The van der Waals surface area contributed by atoms with E-state index in [0.29, 0.717) is 6.61 Å². The number of hydrogen-bond donors (Lipinski definition) is 0. The van der Waals surface area contributed by atoms with Gasteiger partial charge >= 0.3 is 0 Å². The number of furan rings is 1. The van der Waals surface area contributed by atoms with Crippen LogP contribution < -0.4 is 4.74 Å². The first-order chi connectivity index (χ1) is 9.42. The van der Waals surface area contributed by atoms with Crippen LogP contribution >= 0.6 is 0 Å². The quantitative estimate of drug-likeness (QED) is 0.632. The van der Waals surface area contributed by atoms with E-state index in [1.807, 2.05) is 42.5 Å². The minimum atomic E-state index is 0.572. The zero-order valence-corrected chi connectivity index (χ0v) is 10.3. The monoisotopic (exact) mass is 248 g/mol. The van der Waals surface area contributed by atoms with Crippen LogP contribution in [0.25, 0.3) is 22.6 Å². The molecule has 1 aliphatic rings. The molecule has 2 heteroatoms. The highest BCUT2D eigenvalue weighted by Crippen LogP contribution is 2.40. The SMILES string of the molecule is c1ccc(-c2cc3c(o2)-c2ccccc2OC3)cc1. The fraction of sp³-hybridized carbons (Fsp3) is 0.0588. The lowest BCUT2D eigenvalue weighted by atomic mass is 10.1. The van der Waals surface area contributed by atoms with Gasteiger partial charge in [-0.15, -0.1) is 0 Å². The molecule has 3 aromatic rings. The lowest BCUT2D eigenvalue weighted by Gasteiger charge is -2.15. The first-order valence-corrected chi connectivity index (χ1v) is 6.32. The maximum atomic E-state index is 6.04. The van der Waals surface area contributed by atoms with Crippen molar-refractivity contribution in [2.75, 3.05) is 0 Å². The van der Waals surface area contributed by atoms with Crippen molar-refractivity contribution in [3.05, 3.63) is 66.2 Å². The van der Waals surface area contributed by atoms with Gasteiger partial charge in [0.15, 0.2) is 0 Å². The molecule has 0 bridgehead atoms. The molecule has 2 nitrogen and oxygen atoms in total. The summed E-state index contributed by atoms with van der Waals surface area (Å²) in [6, 6.07) is 20.2. The topological polar surface area (TPSA) is 22.4 Å². The molecule has 92 valence electrons. The third kappa shape index (κ3) is 1.65. The van der Waals surface area contributed by atoms with Gasteiger partial charge in [0.25, 0.3) is 0 Å². The molecule has 0 fully saturated rings. The van der Waals surface area contributed by atoms with Crippen molar-refractivity contribution in [3.8, 4) is 28.4 Å². The van der Waals surface area contributed by atoms with Gasteiger partial charge in [0.05, 0.1) is 5.56 Å². The van der Waals surface area contributed by atoms with Crippen molar-refractivity contribution >= 4 is 0 Å². The van der Waals surface area contributed by atoms with E-state index in [2.05, 4.69) is 18.2 Å². The van der Waals surface area contributed by atoms with E-state index in [9.17, 15) is 0 Å². The first kappa shape index (κ1) is 10.4. The summed E-state index contributed by atoms with van der Waals surface area (Å²) in [5.41, 5.74) is 3.23. The van der Waals surface area contributed by atoms with Crippen molar-refractivity contribution in [2.24, 2.45) is 0 Å². The van der Waals surface area contributed by atoms with Gasteiger partial charge in [0, 0.05) is 11.1 Å². The van der Waals surface area contributed by atoms with Crippen LogP contribution in [0.1, 0.15) is 5.56 Å². The molecule has 0 saturated carbocycles.